The molecule has 2 nitrogen and oxygen atoms in total. The van der Waals surface area contributed by atoms with Crippen LogP contribution in [0.5, 0.6) is 5.75 Å². The summed E-state index contributed by atoms with van der Waals surface area (Å²) < 4.78 is 32.7. The van der Waals surface area contributed by atoms with Crippen LogP contribution >= 0.6 is 0 Å². The van der Waals surface area contributed by atoms with Gasteiger partial charge in [-0.2, -0.15) is 0 Å². The van der Waals surface area contributed by atoms with Crippen molar-refractivity contribution < 1.29 is 13.5 Å². The van der Waals surface area contributed by atoms with E-state index in [0.717, 1.165) is 17.7 Å². The molecule has 104 valence electrons. The van der Waals surface area contributed by atoms with E-state index in [0.29, 0.717) is 6.54 Å². The third-order valence-corrected chi connectivity index (χ3v) is 3.43. The molecule has 0 bridgehead atoms. The summed E-state index contributed by atoms with van der Waals surface area (Å²) in [5.41, 5.74) is 2.23. The average molecular weight is 275 g/mol. The number of hydrogen-bond acceptors (Lipinski definition) is 2. The average Bonchev–Trinajstić information content (AvgIpc) is 2.80. The second-order valence-electron chi connectivity index (χ2n) is 5.03. The Hall–Kier alpha value is -2.10. The zero-order valence-electron chi connectivity index (χ0n) is 11.1. The molecule has 0 amide bonds. The normalized spacial score (nSPS) is 16.6. The van der Waals surface area contributed by atoms with Gasteiger partial charge in [0.15, 0.2) is 0 Å². The van der Waals surface area contributed by atoms with Crippen molar-refractivity contribution in [2.45, 2.75) is 19.4 Å². The highest BCUT2D eigenvalue weighted by molar-refractivity contribution is 5.47. The Morgan fingerprint density at radius 2 is 1.95 bits per heavy atom. The fourth-order valence-corrected chi connectivity index (χ4v) is 2.45. The van der Waals surface area contributed by atoms with Gasteiger partial charge >= 0.3 is 0 Å². The molecule has 1 heterocycles. The van der Waals surface area contributed by atoms with Crippen LogP contribution in [0.25, 0.3) is 0 Å². The summed E-state index contributed by atoms with van der Waals surface area (Å²) in [5, 5.41) is 2.80. The van der Waals surface area contributed by atoms with Crippen molar-refractivity contribution in [1.82, 2.24) is 0 Å². The van der Waals surface area contributed by atoms with Crippen LogP contribution in [-0.4, -0.2) is 12.6 Å². The Morgan fingerprint density at radius 3 is 2.70 bits per heavy atom. The van der Waals surface area contributed by atoms with Crippen LogP contribution in [0, 0.1) is 18.6 Å². The Labute approximate surface area is 116 Å². The molecule has 2 aromatic carbocycles. The van der Waals surface area contributed by atoms with Gasteiger partial charge in [0, 0.05) is 6.42 Å². The molecule has 1 aliphatic rings. The highest BCUT2D eigenvalue weighted by atomic mass is 19.1. The molecule has 0 aromatic heterocycles. The summed E-state index contributed by atoms with van der Waals surface area (Å²) >= 11 is 0. The maximum Gasteiger partial charge on any atom is 0.149 e. The number of aryl methyl sites for hydroxylation is 1. The van der Waals surface area contributed by atoms with Crippen LogP contribution in [0.4, 0.5) is 14.5 Å². The fourth-order valence-electron chi connectivity index (χ4n) is 2.45. The van der Waals surface area contributed by atoms with Crippen molar-refractivity contribution in [3.63, 3.8) is 0 Å². The molecule has 1 atom stereocenters. The number of anilines is 1. The van der Waals surface area contributed by atoms with Crippen LogP contribution in [0.15, 0.2) is 36.4 Å². The van der Waals surface area contributed by atoms with Gasteiger partial charge < -0.3 is 10.1 Å². The van der Waals surface area contributed by atoms with Crippen molar-refractivity contribution in [1.29, 1.82) is 0 Å². The zero-order valence-corrected chi connectivity index (χ0v) is 11.1. The molecule has 4 heteroatoms. The highest BCUT2D eigenvalue weighted by Crippen LogP contribution is 2.29. The number of rotatable bonds is 3. The van der Waals surface area contributed by atoms with Crippen molar-refractivity contribution >= 4 is 5.69 Å². The van der Waals surface area contributed by atoms with E-state index in [-0.39, 0.29) is 11.8 Å². The third-order valence-electron chi connectivity index (χ3n) is 3.43. The molecule has 1 aliphatic heterocycles. The topological polar surface area (TPSA) is 21.3 Å². The molecule has 2 aromatic rings. The largest absolute Gasteiger partial charge is 0.488 e. The lowest BCUT2D eigenvalue weighted by Gasteiger charge is -2.13. The van der Waals surface area contributed by atoms with E-state index in [2.05, 4.69) is 11.4 Å². The smallest absolute Gasteiger partial charge is 0.149 e. The summed E-state index contributed by atoms with van der Waals surface area (Å²) in [6.45, 7) is 2.39. The summed E-state index contributed by atoms with van der Waals surface area (Å²) in [6, 6.07) is 9.83. The van der Waals surface area contributed by atoms with E-state index in [4.69, 9.17) is 4.74 Å². The molecular formula is C16H15F2NO. The monoisotopic (exact) mass is 275 g/mol. The van der Waals surface area contributed by atoms with Gasteiger partial charge in [0.05, 0.1) is 6.54 Å². The van der Waals surface area contributed by atoms with Crippen LogP contribution in [0.1, 0.15) is 11.1 Å². The number of ether oxygens (including phenoxy) is 1. The number of nitrogens with one attached hydrogen (secondary N) is 1. The lowest BCUT2D eigenvalue weighted by atomic mass is 10.1. The number of hydrogen-bond donors (Lipinski definition) is 1. The minimum atomic E-state index is -0.587. The molecule has 20 heavy (non-hydrogen) atoms. The van der Waals surface area contributed by atoms with Gasteiger partial charge in [-0.1, -0.05) is 23.8 Å². The van der Waals surface area contributed by atoms with E-state index in [1.807, 2.05) is 19.1 Å². The quantitative estimate of drug-likeness (QED) is 0.922. The Bertz CT molecular complexity index is 622. The summed E-state index contributed by atoms with van der Waals surface area (Å²) in [7, 11) is 0. The number of benzene rings is 2. The second kappa shape index (κ2) is 5.12. The maximum atomic E-state index is 13.5. The van der Waals surface area contributed by atoms with Crippen LogP contribution in [0.2, 0.25) is 0 Å². The van der Waals surface area contributed by atoms with Crippen molar-refractivity contribution in [2.75, 3.05) is 11.9 Å². The molecular weight excluding hydrogens is 260 g/mol. The molecule has 0 saturated carbocycles. The molecule has 0 spiro atoms. The van der Waals surface area contributed by atoms with Crippen LogP contribution in [-0.2, 0) is 6.42 Å². The third kappa shape index (κ3) is 2.46. The Morgan fingerprint density at radius 1 is 1.20 bits per heavy atom. The van der Waals surface area contributed by atoms with Gasteiger partial charge in [-0.3, -0.25) is 0 Å². The molecule has 0 aliphatic carbocycles. The first-order valence-electron chi connectivity index (χ1n) is 6.57. The van der Waals surface area contributed by atoms with Crippen LogP contribution < -0.4 is 10.1 Å². The first kappa shape index (κ1) is 12.9. The van der Waals surface area contributed by atoms with E-state index >= 15 is 0 Å². The van der Waals surface area contributed by atoms with Gasteiger partial charge in [0.25, 0.3) is 0 Å². The number of para-hydroxylation sites is 1. The Balaban J connectivity index is 1.67. The lowest BCUT2D eigenvalue weighted by Crippen LogP contribution is -2.24. The first-order valence-corrected chi connectivity index (χ1v) is 6.57. The van der Waals surface area contributed by atoms with E-state index in [1.165, 1.54) is 23.8 Å². The van der Waals surface area contributed by atoms with Gasteiger partial charge in [-0.25, -0.2) is 8.78 Å². The van der Waals surface area contributed by atoms with E-state index in [1.54, 1.807) is 0 Å². The minimum absolute atomic E-state index is 0.0942. The standard InChI is InChI=1S/C16H15F2NO/c1-10-5-6-15-11(7-10)8-12(20-15)9-19-16-13(17)3-2-4-14(16)18/h2-7,12,19H,8-9H2,1H3. The molecule has 3 rings (SSSR count). The van der Waals surface area contributed by atoms with Gasteiger partial charge in [-0.15, -0.1) is 0 Å². The molecule has 1 N–H and O–H groups in total. The second-order valence-corrected chi connectivity index (χ2v) is 5.03. The number of halogens is 2. The zero-order chi connectivity index (χ0) is 14.1. The van der Waals surface area contributed by atoms with Crippen molar-refractivity contribution in [2.24, 2.45) is 0 Å². The summed E-state index contributed by atoms with van der Waals surface area (Å²) in [4.78, 5) is 0. The van der Waals surface area contributed by atoms with E-state index in [9.17, 15) is 8.78 Å². The molecule has 0 saturated heterocycles. The SMILES string of the molecule is Cc1ccc2c(c1)CC(CNc1c(F)cccc1F)O2. The predicted octanol–water partition coefficient (Wildman–Crippen LogP) is 3.69. The summed E-state index contributed by atoms with van der Waals surface area (Å²) in [6.07, 6.45) is 0.644. The maximum absolute atomic E-state index is 13.5. The highest BCUT2D eigenvalue weighted by Gasteiger charge is 2.23. The van der Waals surface area contributed by atoms with Gasteiger partial charge in [0.1, 0.15) is 29.2 Å². The van der Waals surface area contributed by atoms with Crippen molar-refractivity contribution in [3.05, 3.63) is 59.2 Å². The predicted molar refractivity (Wildman–Crippen MR) is 74.1 cm³/mol. The Kier molecular flexibility index (Phi) is 3.30. The molecule has 0 radical (unpaired) electrons. The number of fused-ring (bicyclic) bond motifs is 1. The lowest BCUT2D eigenvalue weighted by molar-refractivity contribution is 0.246. The fraction of sp³-hybridized carbons (Fsp3) is 0.250. The minimum Gasteiger partial charge on any atom is -0.488 e. The molecule has 0 fully saturated rings. The van der Waals surface area contributed by atoms with Gasteiger partial charge in [0.2, 0.25) is 0 Å². The van der Waals surface area contributed by atoms with E-state index < -0.39 is 11.6 Å². The molecule has 1 unspecified atom stereocenters. The van der Waals surface area contributed by atoms with Crippen molar-refractivity contribution in [3.8, 4) is 5.75 Å². The summed E-state index contributed by atoms with van der Waals surface area (Å²) in [5.74, 6) is -0.316. The van der Waals surface area contributed by atoms with Crippen LogP contribution in [0.3, 0.4) is 0 Å². The van der Waals surface area contributed by atoms with Gasteiger partial charge in [-0.05, 0) is 30.7 Å². The first-order chi connectivity index (χ1) is 9.63.